The molecule has 0 spiro atoms. The molecular formula is C12H17ClN2OS. The van der Waals surface area contributed by atoms with Crippen LogP contribution in [0.4, 0.5) is 0 Å². The number of rotatable bonds is 3. The Balaban J connectivity index is 2.06. The lowest BCUT2D eigenvalue weighted by Crippen LogP contribution is -2.52. The summed E-state index contributed by atoms with van der Waals surface area (Å²) < 4.78 is 0. The van der Waals surface area contributed by atoms with E-state index in [1.54, 1.807) is 11.7 Å². The molecule has 17 heavy (non-hydrogen) atoms. The van der Waals surface area contributed by atoms with Gasteiger partial charge in [-0.05, 0) is 18.8 Å². The summed E-state index contributed by atoms with van der Waals surface area (Å²) in [6.07, 6.45) is 5.92. The maximum absolute atomic E-state index is 12.0. The van der Waals surface area contributed by atoms with Crippen molar-refractivity contribution in [2.45, 2.75) is 38.1 Å². The van der Waals surface area contributed by atoms with Crippen LogP contribution < -0.4 is 5.32 Å². The lowest BCUT2D eigenvalue weighted by atomic mass is 9.77. The molecule has 1 saturated carbocycles. The topological polar surface area (TPSA) is 42.0 Å². The van der Waals surface area contributed by atoms with E-state index >= 15 is 0 Å². The minimum absolute atomic E-state index is 0.0396. The van der Waals surface area contributed by atoms with Crippen molar-refractivity contribution in [1.29, 1.82) is 0 Å². The summed E-state index contributed by atoms with van der Waals surface area (Å²) >= 11 is 7.44. The van der Waals surface area contributed by atoms with Crippen molar-refractivity contribution in [2.75, 3.05) is 5.88 Å². The molecule has 1 aliphatic rings. The van der Waals surface area contributed by atoms with E-state index in [4.69, 9.17) is 11.6 Å². The molecule has 0 aliphatic heterocycles. The third-order valence-electron chi connectivity index (χ3n) is 3.38. The van der Waals surface area contributed by atoms with Crippen molar-refractivity contribution in [3.63, 3.8) is 0 Å². The number of nitrogens with zero attached hydrogens (tertiary/aromatic N) is 1. The van der Waals surface area contributed by atoms with Crippen LogP contribution in [0.3, 0.4) is 0 Å². The highest BCUT2D eigenvalue weighted by atomic mass is 35.5. The Morgan fingerprint density at radius 3 is 3.18 bits per heavy atom. The minimum Gasteiger partial charge on any atom is -0.345 e. The number of aromatic nitrogens is 1. The van der Waals surface area contributed by atoms with Crippen LogP contribution in [0.5, 0.6) is 0 Å². The summed E-state index contributed by atoms with van der Waals surface area (Å²) in [5.41, 5.74) is 1.45. The normalized spacial score (nSPS) is 28.9. The summed E-state index contributed by atoms with van der Waals surface area (Å²) in [5, 5.41) is 3.11. The molecule has 94 valence electrons. The number of hydrogen-bond donors (Lipinski definition) is 1. The molecule has 1 aromatic rings. The van der Waals surface area contributed by atoms with Gasteiger partial charge in [0, 0.05) is 5.88 Å². The number of thiazole rings is 1. The van der Waals surface area contributed by atoms with Crippen molar-refractivity contribution >= 4 is 28.8 Å². The molecule has 3 nitrogen and oxygen atoms in total. The number of nitrogens with one attached hydrogen (secondary N) is 1. The molecule has 0 aromatic carbocycles. The third kappa shape index (κ3) is 2.99. The number of halogens is 1. The quantitative estimate of drug-likeness (QED) is 0.860. The smallest absolute Gasteiger partial charge is 0.263 e. The van der Waals surface area contributed by atoms with Crippen molar-refractivity contribution in [1.82, 2.24) is 10.3 Å². The van der Waals surface area contributed by atoms with Crippen molar-refractivity contribution < 1.29 is 4.79 Å². The second-order valence-corrected chi connectivity index (χ2v) is 6.09. The Morgan fingerprint density at radius 2 is 2.59 bits per heavy atom. The molecular weight excluding hydrogens is 256 g/mol. The molecule has 0 bridgehead atoms. The Hall–Kier alpha value is -0.610. The lowest BCUT2D eigenvalue weighted by Gasteiger charge is -2.39. The van der Waals surface area contributed by atoms with Gasteiger partial charge >= 0.3 is 0 Å². The third-order valence-corrected chi connectivity index (χ3v) is 4.67. The fourth-order valence-electron chi connectivity index (χ4n) is 2.56. The molecule has 2 unspecified atom stereocenters. The molecule has 5 heteroatoms. The Bertz CT molecular complexity index is 382. The number of carbonyl (C=O) groups is 1. The summed E-state index contributed by atoms with van der Waals surface area (Å²) in [7, 11) is 0. The summed E-state index contributed by atoms with van der Waals surface area (Å²) in [6, 6.07) is 0. The van der Waals surface area contributed by atoms with Crippen LogP contribution >= 0.6 is 22.9 Å². The van der Waals surface area contributed by atoms with Gasteiger partial charge in [0.05, 0.1) is 17.2 Å². The molecule has 0 saturated heterocycles. The Labute approximate surface area is 111 Å². The van der Waals surface area contributed by atoms with Gasteiger partial charge in [-0.25, -0.2) is 0 Å². The van der Waals surface area contributed by atoms with Gasteiger partial charge < -0.3 is 5.32 Å². The van der Waals surface area contributed by atoms with E-state index in [1.165, 1.54) is 17.8 Å². The number of carbonyl (C=O) groups excluding carboxylic acids is 1. The van der Waals surface area contributed by atoms with E-state index in [1.807, 2.05) is 0 Å². The zero-order chi connectivity index (χ0) is 12.3. The first-order valence-electron chi connectivity index (χ1n) is 5.92. The van der Waals surface area contributed by atoms with E-state index in [-0.39, 0.29) is 11.4 Å². The molecule has 1 heterocycles. The van der Waals surface area contributed by atoms with E-state index in [0.717, 1.165) is 19.3 Å². The van der Waals surface area contributed by atoms with Crippen LogP contribution in [0.25, 0.3) is 0 Å². The SMILES string of the molecule is CC1CCCC(CCl)(NC(=O)c2cncs2)C1. The summed E-state index contributed by atoms with van der Waals surface area (Å²) in [5.74, 6) is 1.08. The Kier molecular flexibility index (Phi) is 4.05. The van der Waals surface area contributed by atoms with Crippen LogP contribution in [-0.2, 0) is 0 Å². The predicted octanol–water partition coefficient (Wildman–Crippen LogP) is 3.06. The summed E-state index contributed by atoms with van der Waals surface area (Å²) in [4.78, 5) is 16.6. The van der Waals surface area contributed by atoms with Crippen molar-refractivity contribution in [3.8, 4) is 0 Å². The van der Waals surface area contributed by atoms with Crippen LogP contribution in [-0.4, -0.2) is 22.3 Å². The van der Waals surface area contributed by atoms with Crippen LogP contribution in [0, 0.1) is 5.92 Å². The van der Waals surface area contributed by atoms with E-state index in [0.29, 0.717) is 16.7 Å². The minimum atomic E-state index is -0.222. The second-order valence-electron chi connectivity index (χ2n) is 4.94. The maximum atomic E-state index is 12.0. The fourth-order valence-corrected chi connectivity index (χ4v) is 3.38. The molecule has 0 radical (unpaired) electrons. The average Bonchev–Trinajstić information content (AvgIpc) is 2.82. The van der Waals surface area contributed by atoms with Crippen molar-refractivity contribution in [3.05, 3.63) is 16.6 Å². The van der Waals surface area contributed by atoms with Gasteiger partial charge in [-0.2, -0.15) is 0 Å². The first-order chi connectivity index (χ1) is 8.15. The molecule has 2 atom stereocenters. The average molecular weight is 273 g/mol. The van der Waals surface area contributed by atoms with Crippen LogP contribution in [0.2, 0.25) is 0 Å². The standard InChI is InChI=1S/C12H17ClN2OS/c1-9-3-2-4-12(5-9,7-13)15-11(16)10-6-14-8-17-10/h6,8-9H,2-5,7H2,1H3,(H,15,16). The number of hydrogen-bond acceptors (Lipinski definition) is 3. The lowest BCUT2D eigenvalue weighted by molar-refractivity contribution is 0.0871. The van der Waals surface area contributed by atoms with Gasteiger partial charge in [0.2, 0.25) is 0 Å². The molecule has 1 aromatic heterocycles. The van der Waals surface area contributed by atoms with E-state index < -0.39 is 0 Å². The van der Waals surface area contributed by atoms with Crippen LogP contribution in [0.1, 0.15) is 42.3 Å². The highest BCUT2D eigenvalue weighted by Crippen LogP contribution is 2.33. The van der Waals surface area contributed by atoms with Gasteiger partial charge in [0.25, 0.3) is 5.91 Å². The van der Waals surface area contributed by atoms with Gasteiger partial charge in [-0.3, -0.25) is 9.78 Å². The van der Waals surface area contributed by atoms with E-state index in [2.05, 4.69) is 17.2 Å². The van der Waals surface area contributed by atoms with Crippen molar-refractivity contribution in [2.24, 2.45) is 5.92 Å². The highest BCUT2D eigenvalue weighted by Gasteiger charge is 2.35. The molecule has 2 rings (SSSR count). The number of amides is 1. The molecule has 1 fully saturated rings. The molecule has 1 amide bonds. The first kappa shape index (κ1) is 12.8. The number of alkyl halides is 1. The maximum Gasteiger partial charge on any atom is 0.263 e. The van der Waals surface area contributed by atoms with Gasteiger partial charge in [-0.15, -0.1) is 22.9 Å². The fraction of sp³-hybridized carbons (Fsp3) is 0.667. The first-order valence-corrected chi connectivity index (χ1v) is 7.33. The second kappa shape index (κ2) is 5.36. The largest absolute Gasteiger partial charge is 0.345 e. The zero-order valence-corrected chi connectivity index (χ0v) is 11.5. The summed E-state index contributed by atoms with van der Waals surface area (Å²) in [6.45, 7) is 2.22. The zero-order valence-electron chi connectivity index (χ0n) is 9.91. The monoisotopic (exact) mass is 272 g/mol. The van der Waals surface area contributed by atoms with E-state index in [9.17, 15) is 4.79 Å². The molecule has 1 N–H and O–H groups in total. The van der Waals surface area contributed by atoms with Gasteiger partial charge in [0.15, 0.2) is 0 Å². The Morgan fingerprint density at radius 1 is 1.76 bits per heavy atom. The van der Waals surface area contributed by atoms with Gasteiger partial charge in [-0.1, -0.05) is 19.8 Å². The van der Waals surface area contributed by atoms with Gasteiger partial charge in [0.1, 0.15) is 4.88 Å². The highest BCUT2D eigenvalue weighted by molar-refractivity contribution is 7.11. The predicted molar refractivity (Wildman–Crippen MR) is 70.7 cm³/mol. The molecule has 1 aliphatic carbocycles. The van der Waals surface area contributed by atoms with Crippen LogP contribution in [0.15, 0.2) is 11.7 Å².